The lowest BCUT2D eigenvalue weighted by atomic mass is 9.80. The van der Waals surface area contributed by atoms with Gasteiger partial charge in [-0.1, -0.05) is 41.3 Å². The van der Waals surface area contributed by atoms with Crippen LogP contribution in [0.25, 0.3) is 0 Å². The molecule has 0 radical (unpaired) electrons. The van der Waals surface area contributed by atoms with Gasteiger partial charge in [0, 0.05) is 10.5 Å². The molecular weight excluding hydrogens is 274 g/mol. The Hall–Kier alpha value is -0.340. The Bertz CT molecular complexity index is 369. The van der Waals surface area contributed by atoms with Crippen LogP contribution in [-0.2, 0) is 0 Å². The molecule has 1 aromatic rings. The molecule has 0 saturated heterocycles. The Morgan fingerprint density at radius 1 is 1.24 bits per heavy atom. The van der Waals surface area contributed by atoms with Crippen LogP contribution in [0.2, 0.25) is 0 Å². The van der Waals surface area contributed by atoms with Gasteiger partial charge in [-0.15, -0.1) is 0 Å². The van der Waals surface area contributed by atoms with Crippen LogP contribution in [-0.4, -0.2) is 7.05 Å². The average Bonchev–Trinajstić information content (AvgIpc) is 2.36. The third-order valence-electron chi connectivity index (χ3n) is 4.01. The lowest BCUT2D eigenvalue weighted by Gasteiger charge is -2.31. The van der Waals surface area contributed by atoms with E-state index in [0.29, 0.717) is 6.04 Å². The van der Waals surface area contributed by atoms with Crippen LogP contribution in [0.1, 0.15) is 49.3 Å². The molecule has 94 valence electrons. The summed E-state index contributed by atoms with van der Waals surface area (Å²) in [5.41, 5.74) is 2.87. The minimum atomic E-state index is 0.521. The third kappa shape index (κ3) is 3.11. The molecule has 1 aliphatic rings. The second kappa shape index (κ2) is 6.01. The van der Waals surface area contributed by atoms with Crippen molar-refractivity contribution in [3.8, 4) is 0 Å². The van der Waals surface area contributed by atoms with Crippen molar-refractivity contribution in [1.29, 1.82) is 0 Å². The highest BCUT2D eigenvalue weighted by Crippen LogP contribution is 2.36. The second-order valence-electron chi connectivity index (χ2n) is 5.17. The summed E-state index contributed by atoms with van der Waals surface area (Å²) >= 11 is 3.59. The average molecular weight is 296 g/mol. The molecule has 0 amide bonds. The van der Waals surface area contributed by atoms with Crippen molar-refractivity contribution in [3.05, 3.63) is 33.8 Å². The molecule has 0 aromatic heterocycles. The number of benzene rings is 1. The van der Waals surface area contributed by atoms with Gasteiger partial charge in [0.1, 0.15) is 0 Å². The molecule has 1 saturated carbocycles. The number of nitrogens with one attached hydrogen (secondary N) is 1. The van der Waals surface area contributed by atoms with Crippen LogP contribution in [0.3, 0.4) is 0 Å². The number of aryl methyl sites for hydroxylation is 1. The molecule has 1 unspecified atom stereocenters. The van der Waals surface area contributed by atoms with Crippen LogP contribution < -0.4 is 5.32 Å². The van der Waals surface area contributed by atoms with Crippen LogP contribution >= 0.6 is 15.9 Å². The standard InChI is InChI=1S/C15H22BrN/c1-11-8-9-13(16)10-14(11)15(17-2)12-6-4-3-5-7-12/h8-10,12,15,17H,3-7H2,1-2H3. The van der Waals surface area contributed by atoms with Crippen molar-refractivity contribution in [2.45, 2.75) is 45.1 Å². The fourth-order valence-electron chi connectivity index (χ4n) is 3.06. The van der Waals surface area contributed by atoms with Crippen molar-refractivity contribution in [2.75, 3.05) is 7.05 Å². The second-order valence-corrected chi connectivity index (χ2v) is 6.08. The first-order valence-electron chi connectivity index (χ1n) is 6.65. The maximum atomic E-state index is 3.59. The lowest BCUT2D eigenvalue weighted by molar-refractivity contribution is 0.281. The zero-order valence-electron chi connectivity index (χ0n) is 10.8. The normalized spacial score (nSPS) is 19.2. The third-order valence-corrected chi connectivity index (χ3v) is 4.50. The first kappa shape index (κ1) is 13.1. The maximum Gasteiger partial charge on any atom is 0.0349 e. The Balaban J connectivity index is 2.24. The van der Waals surface area contributed by atoms with Crippen LogP contribution in [0, 0.1) is 12.8 Å². The quantitative estimate of drug-likeness (QED) is 0.859. The molecule has 0 heterocycles. The van der Waals surface area contributed by atoms with E-state index in [-0.39, 0.29) is 0 Å². The number of rotatable bonds is 3. The first-order valence-corrected chi connectivity index (χ1v) is 7.45. The van der Waals surface area contributed by atoms with Crippen molar-refractivity contribution in [2.24, 2.45) is 5.92 Å². The van der Waals surface area contributed by atoms with Gasteiger partial charge >= 0.3 is 0 Å². The predicted octanol–water partition coefficient (Wildman–Crippen LogP) is 4.60. The van der Waals surface area contributed by atoms with E-state index in [1.165, 1.54) is 47.7 Å². The number of hydrogen-bond acceptors (Lipinski definition) is 1. The van der Waals surface area contributed by atoms with E-state index in [1.807, 2.05) is 0 Å². The molecular formula is C15H22BrN. The van der Waals surface area contributed by atoms with Crippen molar-refractivity contribution < 1.29 is 0 Å². The molecule has 1 aromatic carbocycles. The molecule has 2 heteroatoms. The topological polar surface area (TPSA) is 12.0 Å². The van der Waals surface area contributed by atoms with E-state index in [0.717, 1.165) is 5.92 Å². The van der Waals surface area contributed by atoms with E-state index < -0.39 is 0 Å². The Morgan fingerprint density at radius 3 is 2.59 bits per heavy atom. The summed E-state index contributed by atoms with van der Waals surface area (Å²) in [6, 6.07) is 7.15. The zero-order chi connectivity index (χ0) is 12.3. The van der Waals surface area contributed by atoms with Gasteiger partial charge in [0.05, 0.1) is 0 Å². The summed E-state index contributed by atoms with van der Waals surface area (Å²) in [5, 5.41) is 3.54. The number of halogens is 1. The molecule has 1 fully saturated rings. The largest absolute Gasteiger partial charge is 0.313 e. The van der Waals surface area contributed by atoms with E-state index in [2.05, 4.69) is 53.4 Å². The SMILES string of the molecule is CNC(c1cc(Br)ccc1C)C1CCCCC1. The molecule has 0 bridgehead atoms. The summed E-state index contributed by atoms with van der Waals surface area (Å²) in [7, 11) is 2.10. The fourth-order valence-corrected chi connectivity index (χ4v) is 3.44. The van der Waals surface area contributed by atoms with E-state index in [4.69, 9.17) is 0 Å². The fraction of sp³-hybridized carbons (Fsp3) is 0.600. The molecule has 0 spiro atoms. The Labute approximate surface area is 113 Å². The molecule has 1 N–H and O–H groups in total. The van der Waals surface area contributed by atoms with E-state index in [9.17, 15) is 0 Å². The van der Waals surface area contributed by atoms with Gasteiger partial charge in [0.15, 0.2) is 0 Å². The molecule has 2 rings (SSSR count). The molecule has 0 aliphatic heterocycles. The van der Waals surface area contributed by atoms with Gasteiger partial charge in [-0.25, -0.2) is 0 Å². The predicted molar refractivity (Wildman–Crippen MR) is 77.3 cm³/mol. The van der Waals surface area contributed by atoms with Crippen molar-refractivity contribution in [1.82, 2.24) is 5.32 Å². The molecule has 1 atom stereocenters. The monoisotopic (exact) mass is 295 g/mol. The first-order chi connectivity index (χ1) is 8.22. The highest BCUT2D eigenvalue weighted by molar-refractivity contribution is 9.10. The summed E-state index contributed by atoms with van der Waals surface area (Å²) in [6.45, 7) is 2.22. The van der Waals surface area contributed by atoms with Crippen molar-refractivity contribution >= 4 is 15.9 Å². The van der Waals surface area contributed by atoms with E-state index >= 15 is 0 Å². The Kier molecular flexibility index (Phi) is 4.63. The van der Waals surface area contributed by atoms with Crippen LogP contribution in [0.5, 0.6) is 0 Å². The van der Waals surface area contributed by atoms with E-state index in [1.54, 1.807) is 0 Å². The maximum absolute atomic E-state index is 3.59. The highest BCUT2D eigenvalue weighted by atomic mass is 79.9. The smallest absolute Gasteiger partial charge is 0.0349 e. The van der Waals surface area contributed by atoms with Crippen molar-refractivity contribution in [3.63, 3.8) is 0 Å². The molecule has 1 nitrogen and oxygen atoms in total. The molecule has 1 aliphatic carbocycles. The Morgan fingerprint density at radius 2 is 1.94 bits per heavy atom. The summed E-state index contributed by atoms with van der Waals surface area (Å²) in [6.07, 6.45) is 6.96. The van der Waals surface area contributed by atoms with Gasteiger partial charge in [-0.05, 0) is 56.0 Å². The minimum absolute atomic E-state index is 0.521. The van der Waals surface area contributed by atoms with Gasteiger partial charge in [-0.2, -0.15) is 0 Å². The highest BCUT2D eigenvalue weighted by Gasteiger charge is 2.24. The minimum Gasteiger partial charge on any atom is -0.313 e. The lowest BCUT2D eigenvalue weighted by Crippen LogP contribution is -2.27. The number of hydrogen-bond donors (Lipinski definition) is 1. The molecule has 17 heavy (non-hydrogen) atoms. The van der Waals surface area contributed by atoms with Crippen LogP contribution in [0.15, 0.2) is 22.7 Å². The summed E-state index contributed by atoms with van der Waals surface area (Å²) in [5.74, 6) is 0.807. The zero-order valence-corrected chi connectivity index (χ0v) is 12.4. The van der Waals surface area contributed by atoms with Gasteiger partial charge in [0.2, 0.25) is 0 Å². The summed E-state index contributed by atoms with van der Waals surface area (Å²) in [4.78, 5) is 0. The van der Waals surface area contributed by atoms with Gasteiger partial charge in [0.25, 0.3) is 0 Å². The van der Waals surface area contributed by atoms with Gasteiger partial charge < -0.3 is 5.32 Å². The van der Waals surface area contributed by atoms with Crippen LogP contribution in [0.4, 0.5) is 0 Å². The summed E-state index contributed by atoms with van der Waals surface area (Å²) < 4.78 is 1.19. The van der Waals surface area contributed by atoms with Gasteiger partial charge in [-0.3, -0.25) is 0 Å².